The average Bonchev–Trinajstić information content (AvgIpc) is 2.91. The molecule has 0 saturated heterocycles. The largest absolute Gasteiger partial charge is 0.396 e. The van der Waals surface area contributed by atoms with Crippen LogP contribution in [0.2, 0.25) is 0 Å². The van der Waals surface area contributed by atoms with Crippen molar-refractivity contribution in [3.8, 4) is 0 Å². The van der Waals surface area contributed by atoms with Crippen LogP contribution in [-0.2, 0) is 24.3 Å². The van der Waals surface area contributed by atoms with E-state index in [4.69, 9.17) is 5.11 Å². The number of amides is 1. The lowest BCUT2D eigenvalue weighted by atomic mass is 10.2. The first-order chi connectivity index (χ1) is 9.78. The van der Waals surface area contributed by atoms with Crippen LogP contribution in [0, 0.1) is 0 Å². The molecule has 6 heteroatoms. The van der Waals surface area contributed by atoms with Crippen molar-refractivity contribution in [2.45, 2.75) is 25.9 Å². The predicted molar refractivity (Wildman–Crippen MR) is 73.7 cm³/mol. The number of aromatic nitrogens is 3. The topological polar surface area (TPSA) is 80.0 Å². The molecule has 0 aliphatic heterocycles. The molecule has 0 bridgehead atoms. The van der Waals surface area contributed by atoms with E-state index in [1.54, 1.807) is 6.20 Å². The first-order valence-electron chi connectivity index (χ1n) is 6.58. The summed E-state index contributed by atoms with van der Waals surface area (Å²) in [6, 6.07) is 9.73. The Morgan fingerprint density at radius 3 is 2.85 bits per heavy atom. The van der Waals surface area contributed by atoms with Gasteiger partial charge in [-0.05, 0) is 18.4 Å². The number of nitrogens with one attached hydrogen (secondary N) is 1. The zero-order valence-electron chi connectivity index (χ0n) is 11.2. The van der Waals surface area contributed by atoms with E-state index < -0.39 is 0 Å². The molecule has 2 rings (SSSR count). The number of carbonyl (C=O) groups is 1. The lowest BCUT2D eigenvalue weighted by Crippen LogP contribution is -2.27. The molecule has 106 valence electrons. The molecule has 1 heterocycles. The molecule has 0 spiro atoms. The van der Waals surface area contributed by atoms with Crippen molar-refractivity contribution < 1.29 is 9.90 Å². The number of aliphatic hydroxyl groups excluding tert-OH is 1. The Morgan fingerprint density at radius 1 is 1.30 bits per heavy atom. The fourth-order valence-corrected chi connectivity index (χ4v) is 1.79. The number of aryl methyl sites for hydroxylation is 1. The van der Waals surface area contributed by atoms with Gasteiger partial charge in [0.25, 0.3) is 0 Å². The summed E-state index contributed by atoms with van der Waals surface area (Å²) in [6.45, 7) is 0.787. The van der Waals surface area contributed by atoms with Crippen LogP contribution < -0.4 is 5.32 Å². The van der Waals surface area contributed by atoms with Gasteiger partial charge in [-0.15, -0.1) is 5.10 Å². The summed E-state index contributed by atoms with van der Waals surface area (Å²) in [4.78, 5) is 11.8. The fraction of sp³-hybridized carbons (Fsp3) is 0.357. The molecule has 0 unspecified atom stereocenters. The molecule has 0 saturated carbocycles. The Kier molecular flexibility index (Phi) is 5.25. The van der Waals surface area contributed by atoms with Gasteiger partial charge >= 0.3 is 0 Å². The second kappa shape index (κ2) is 7.40. The van der Waals surface area contributed by atoms with E-state index >= 15 is 0 Å². The van der Waals surface area contributed by atoms with Gasteiger partial charge < -0.3 is 10.4 Å². The van der Waals surface area contributed by atoms with Gasteiger partial charge in [-0.2, -0.15) is 0 Å². The highest BCUT2D eigenvalue weighted by Crippen LogP contribution is 1.99. The molecule has 0 fully saturated rings. The normalized spacial score (nSPS) is 10.4. The van der Waals surface area contributed by atoms with Crippen LogP contribution in [-0.4, -0.2) is 32.6 Å². The van der Waals surface area contributed by atoms with Gasteiger partial charge in [0, 0.05) is 19.3 Å². The summed E-state index contributed by atoms with van der Waals surface area (Å²) in [7, 11) is 0. The minimum atomic E-state index is -0.104. The van der Waals surface area contributed by atoms with Gasteiger partial charge in [0.15, 0.2) is 0 Å². The van der Waals surface area contributed by atoms with Crippen LogP contribution in [0.4, 0.5) is 0 Å². The quantitative estimate of drug-likeness (QED) is 0.771. The minimum absolute atomic E-state index is 0.104. The number of hydrogen-bond acceptors (Lipinski definition) is 4. The fourth-order valence-electron chi connectivity index (χ4n) is 1.79. The van der Waals surface area contributed by atoms with Crippen molar-refractivity contribution in [2.24, 2.45) is 0 Å². The third-order valence-corrected chi connectivity index (χ3v) is 2.82. The molecule has 20 heavy (non-hydrogen) atoms. The van der Waals surface area contributed by atoms with Crippen molar-refractivity contribution in [1.82, 2.24) is 20.3 Å². The molecule has 2 N–H and O–H groups in total. The Bertz CT molecular complexity index is 539. The van der Waals surface area contributed by atoms with Crippen molar-refractivity contribution in [2.75, 3.05) is 6.61 Å². The van der Waals surface area contributed by atoms with Crippen molar-refractivity contribution in [1.29, 1.82) is 0 Å². The van der Waals surface area contributed by atoms with Gasteiger partial charge in [-0.3, -0.25) is 4.79 Å². The zero-order valence-corrected chi connectivity index (χ0v) is 11.2. The van der Waals surface area contributed by atoms with Gasteiger partial charge in [0.05, 0.1) is 5.69 Å². The first-order valence-corrected chi connectivity index (χ1v) is 6.58. The number of hydrogen-bond donors (Lipinski definition) is 2. The summed E-state index contributed by atoms with van der Waals surface area (Å²) >= 11 is 0. The molecule has 1 aromatic heterocycles. The van der Waals surface area contributed by atoms with Gasteiger partial charge in [0.1, 0.15) is 6.54 Å². The third-order valence-electron chi connectivity index (χ3n) is 2.82. The Morgan fingerprint density at radius 2 is 2.10 bits per heavy atom. The molecule has 0 radical (unpaired) electrons. The highest BCUT2D eigenvalue weighted by molar-refractivity contribution is 5.75. The van der Waals surface area contributed by atoms with Crippen molar-refractivity contribution in [3.63, 3.8) is 0 Å². The number of rotatable bonds is 7. The lowest BCUT2D eigenvalue weighted by molar-refractivity contribution is -0.122. The van der Waals surface area contributed by atoms with Crippen LogP contribution >= 0.6 is 0 Å². The number of carbonyl (C=O) groups excluding carboxylic acids is 1. The van der Waals surface area contributed by atoms with E-state index in [9.17, 15) is 4.79 Å². The Hall–Kier alpha value is -2.21. The molecule has 0 aliphatic carbocycles. The second-order valence-corrected chi connectivity index (χ2v) is 4.50. The molecule has 0 atom stereocenters. The molecule has 1 amide bonds. The summed E-state index contributed by atoms with van der Waals surface area (Å²) < 4.78 is 1.51. The van der Waals surface area contributed by atoms with Crippen LogP contribution in [0.5, 0.6) is 0 Å². The molecule has 6 nitrogen and oxygen atoms in total. The molecule has 1 aromatic carbocycles. The summed E-state index contributed by atoms with van der Waals surface area (Å²) in [5.41, 5.74) is 1.85. The maximum Gasteiger partial charge on any atom is 0.242 e. The predicted octanol–water partition coefficient (Wildman–Crippen LogP) is 0.519. The van der Waals surface area contributed by atoms with E-state index in [2.05, 4.69) is 15.6 Å². The van der Waals surface area contributed by atoms with E-state index in [1.807, 2.05) is 30.3 Å². The van der Waals surface area contributed by atoms with Crippen LogP contribution in [0.3, 0.4) is 0 Å². The van der Waals surface area contributed by atoms with E-state index in [1.165, 1.54) is 4.68 Å². The first kappa shape index (κ1) is 14.2. The molecule has 2 aromatic rings. The van der Waals surface area contributed by atoms with E-state index in [0.29, 0.717) is 19.4 Å². The maximum absolute atomic E-state index is 11.8. The summed E-state index contributed by atoms with van der Waals surface area (Å²) in [5.74, 6) is -0.104. The van der Waals surface area contributed by atoms with Gasteiger partial charge in [-0.1, -0.05) is 35.5 Å². The maximum atomic E-state index is 11.8. The lowest BCUT2D eigenvalue weighted by Gasteiger charge is -2.04. The standard InChI is InChI=1S/C14H18N4O2/c19-8-4-7-13-10-18(17-16-13)11-14(20)15-9-12-5-2-1-3-6-12/h1-3,5-6,10,19H,4,7-9,11H2,(H,15,20). The zero-order chi connectivity index (χ0) is 14.2. The van der Waals surface area contributed by atoms with Crippen LogP contribution in [0.1, 0.15) is 17.7 Å². The number of nitrogens with zero attached hydrogens (tertiary/aromatic N) is 3. The van der Waals surface area contributed by atoms with Crippen molar-refractivity contribution >= 4 is 5.91 Å². The Labute approximate surface area is 117 Å². The molecular formula is C14H18N4O2. The summed E-state index contributed by atoms with van der Waals surface area (Å²) in [5, 5.41) is 19.4. The monoisotopic (exact) mass is 274 g/mol. The smallest absolute Gasteiger partial charge is 0.242 e. The molecule has 0 aliphatic rings. The average molecular weight is 274 g/mol. The highest BCUT2D eigenvalue weighted by atomic mass is 16.2. The number of benzene rings is 1. The van der Waals surface area contributed by atoms with E-state index in [-0.39, 0.29) is 19.1 Å². The van der Waals surface area contributed by atoms with E-state index in [0.717, 1.165) is 11.3 Å². The number of aliphatic hydroxyl groups is 1. The minimum Gasteiger partial charge on any atom is -0.396 e. The van der Waals surface area contributed by atoms with Gasteiger partial charge in [-0.25, -0.2) is 4.68 Å². The van der Waals surface area contributed by atoms with Gasteiger partial charge in [0.2, 0.25) is 5.91 Å². The Balaban J connectivity index is 1.78. The van der Waals surface area contributed by atoms with Crippen LogP contribution in [0.25, 0.3) is 0 Å². The summed E-state index contributed by atoms with van der Waals surface area (Å²) in [6.07, 6.45) is 3.05. The highest BCUT2D eigenvalue weighted by Gasteiger charge is 2.05. The van der Waals surface area contributed by atoms with Crippen molar-refractivity contribution in [3.05, 3.63) is 47.8 Å². The SMILES string of the molecule is O=C(Cn1cc(CCCO)nn1)NCc1ccccc1. The second-order valence-electron chi connectivity index (χ2n) is 4.50. The van der Waals surface area contributed by atoms with Crippen LogP contribution in [0.15, 0.2) is 36.5 Å². The molecular weight excluding hydrogens is 256 g/mol. The third kappa shape index (κ3) is 4.47.